The Morgan fingerprint density at radius 2 is 1.63 bits per heavy atom. The number of ketones is 2. The summed E-state index contributed by atoms with van der Waals surface area (Å²) in [5, 5.41) is 52.0. The fourth-order valence-electron chi connectivity index (χ4n) is 17.4. The van der Waals surface area contributed by atoms with E-state index in [9.17, 15) is 30.0 Å². The third-order valence-corrected chi connectivity index (χ3v) is 19.6. The van der Waals surface area contributed by atoms with Crippen LogP contribution in [0.3, 0.4) is 0 Å². The van der Waals surface area contributed by atoms with Crippen molar-refractivity contribution in [2.24, 2.45) is 67.2 Å². The summed E-state index contributed by atoms with van der Waals surface area (Å²) in [6, 6.07) is 8.32. The van der Waals surface area contributed by atoms with E-state index in [4.69, 9.17) is 16.5 Å². The third kappa shape index (κ3) is 4.57. The molecule has 10 heteroatoms. The second kappa shape index (κ2) is 12.5. The van der Waals surface area contributed by atoms with E-state index in [1.54, 1.807) is 18.2 Å². The molecule has 3 fully saturated rings. The molecule has 0 heterocycles. The number of aliphatic hydroxyl groups is 3. The van der Waals surface area contributed by atoms with Crippen LogP contribution in [0.1, 0.15) is 109 Å². The lowest BCUT2D eigenvalue weighted by Crippen LogP contribution is -2.72. The van der Waals surface area contributed by atoms with Crippen LogP contribution in [0.25, 0.3) is 6.08 Å². The number of fused-ring (bicyclic) bond motifs is 6. The van der Waals surface area contributed by atoms with Gasteiger partial charge in [-0.2, -0.15) is 0 Å². The van der Waals surface area contributed by atoms with Crippen LogP contribution in [0.4, 0.5) is 0 Å². The molecule has 328 valence electrons. The van der Waals surface area contributed by atoms with Crippen molar-refractivity contribution in [3.8, 4) is 11.8 Å². The number of carboxylic acids is 1. The number of guanidine groups is 1. The molecule has 1 aromatic carbocycles. The minimum atomic E-state index is -1.76. The minimum Gasteiger partial charge on any atom is -0.478 e. The quantitative estimate of drug-likeness (QED) is 0.0887. The van der Waals surface area contributed by atoms with E-state index in [0.29, 0.717) is 55.2 Å². The number of aryl methyl sites for hydroxylation is 1. The molecule has 1 aromatic rings. The molecule has 2 spiro atoms. The molecule has 0 aliphatic heterocycles. The van der Waals surface area contributed by atoms with Gasteiger partial charge in [-0.15, -0.1) is 11.8 Å². The van der Waals surface area contributed by atoms with Gasteiger partial charge in [0, 0.05) is 70.3 Å². The van der Waals surface area contributed by atoms with Crippen LogP contribution in [0.15, 0.2) is 93.6 Å². The average molecular weight is 850 g/mol. The Bertz CT molecular complexity index is 2650. The van der Waals surface area contributed by atoms with Gasteiger partial charge in [0.15, 0.2) is 11.7 Å². The van der Waals surface area contributed by atoms with Crippen molar-refractivity contribution >= 4 is 29.6 Å². The number of nitrogens with zero attached hydrogens (tertiary/aromatic N) is 1. The molecule has 0 saturated heterocycles. The number of aliphatic imine (C=N–C) groups is 1. The summed E-state index contributed by atoms with van der Waals surface area (Å²) in [6.07, 6.45) is 17.5. The number of Topliss-reactive ketones (excluding diaryl/α,β-unsaturated/α-hetero) is 2. The number of benzene rings is 1. The predicted octanol–water partition coefficient (Wildman–Crippen LogP) is 6.21. The second-order valence-electron chi connectivity index (χ2n) is 21.9. The molecule has 10 aliphatic carbocycles. The molecule has 0 aromatic heterocycles. The fraction of sp³-hybridized carbons (Fsp3) is 0.547. The Balaban J connectivity index is 1.21. The number of aliphatic carboxylic acids is 1. The van der Waals surface area contributed by atoms with Gasteiger partial charge in [-0.05, 0) is 97.0 Å². The molecule has 4 bridgehead atoms. The predicted molar refractivity (Wildman–Crippen MR) is 238 cm³/mol. The Morgan fingerprint density at radius 3 is 2.40 bits per heavy atom. The number of hydrogen-bond acceptors (Lipinski definition) is 7. The molecule has 13 atom stereocenters. The van der Waals surface area contributed by atoms with Crippen LogP contribution in [0.2, 0.25) is 0 Å². The van der Waals surface area contributed by atoms with Gasteiger partial charge >= 0.3 is 5.97 Å². The highest BCUT2D eigenvalue weighted by Crippen LogP contribution is 2.84. The molecule has 11 rings (SSSR count). The Kier molecular flexibility index (Phi) is 8.12. The monoisotopic (exact) mass is 849 g/mol. The maximum atomic E-state index is 16.0. The van der Waals surface area contributed by atoms with E-state index in [-0.39, 0.29) is 55.2 Å². The van der Waals surface area contributed by atoms with Crippen molar-refractivity contribution in [1.82, 2.24) is 0 Å². The lowest BCUT2D eigenvalue weighted by Gasteiger charge is -2.70. The van der Waals surface area contributed by atoms with Crippen molar-refractivity contribution in [1.29, 1.82) is 0 Å². The molecule has 8 N–H and O–H groups in total. The molecule has 63 heavy (non-hydrogen) atoms. The summed E-state index contributed by atoms with van der Waals surface area (Å²) >= 11 is 0. The SMILES string of the molecule is C[C@@H]1[C@@H]2[C@@](N=C(N)N)(C=C[C@@]13C[C@@]1(O)C=C[C@]4(O)C5=C6C(=O)C[C@@]3(C)[C@]51CCC#CC[C@]1(C)C(=O)CC[C@@]6(C)[C@@H]1[C@H]4C1=Cc3ccccc3CC1)CCC1=C(C(=O)O)CC=C[C@@]12O. The van der Waals surface area contributed by atoms with E-state index in [1.165, 1.54) is 5.56 Å². The molecular formula is C53H59N3O7. The lowest BCUT2D eigenvalue weighted by atomic mass is 9.33. The summed E-state index contributed by atoms with van der Waals surface area (Å²) in [7, 11) is 0. The summed E-state index contributed by atoms with van der Waals surface area (Å²) < 4.78 is 0. The number of rotatable bonds is 3. The highest BCUT2D eigenvalue weighted by atomic mass is 16.4. The van der Waals surface area contributed by atoms with Gasteiger partial charge in [0.2, 0.25) is 0 Å². The maximum Gasteiger partial charge on any atom is 0.331 e. The maximum absolute atomic E-state index is 16.0. The van der Waals surface area contributed by atoms with Crippen molar-refractivity contribution < 1.29 is 34.8 Å². The largest absolute Gasteiger partial charge is 0.478 e. The van der Waals surface area contributed by atoms with Crippen LogP contribution < -0.4 is 11.5 Å². The van der Waals surface area contributed by atoms with Crippen molar-refractivity contribution in [2.75, 3.05) is 0 Å². The second-order valence-corrected chi connectivity index (χ2v) is 21.9. The van der Waals surface area contributed by atoms with Gasteiger partial charge in [0.1, 0.15) is 17.0 Å². The first-order valence-corrected chi connectivity index (χ1v) is 23.1. The minimum absolute atomic E-state index is 0.0488. The normalized spacial score (nSPS) is 47.2. The Hall–Kier alpha value is -4.82. The van der Waals surface area contributed by atoms with E-state index in [0.717, 1.165) is 17.6 Å². The summed E-state index contributed by atoms with van der Waals surface area (Å²) in [5.41, 5.74) is 6.16. The first-order chi connectivity index (χ1) is 29.7. The number of carboxylic acid groups (broad SMARTS) is 1. The Labute approximate surface area is 369 Å². The number of nitrogens with two attached hydrogens (primary N) is 2. The molecule has 3 saturated carbocycles. The highest BCUT2D eigenvalue weighted by molar-refractivity contribution is 6.02. The highest BCUT2D eigenvalue weighted by Gasteiger charge is 2.84. The summed E-state index contributed by atoms with van der Waals surface area (Å²) in [4.78, 5) is 48.2. The van der Waals surface area contributed by atoms with Crippen molar-refractivity contribution in [3.05, 3.63) is 99.7 Å². The Morgan fingerprint density at radius 1 is 0.857 bits per heavy atom. The van der Waals surface area contributed by atoms with Crippen LogP contribution in [0, 0.1) is 62.6 Å². The number of allylic oxidation sites excluding steroid dienone is 3. The van der Waals surface area contributed by atoms with Gasteiger partial charge in [-0.25, -0.2) is 9.79 Å². The van der Waals surface area contributed by atoms with Crippen molar-refractivity contribution in [2.45, 2.75) is 127 Å². The molecule has 0 unspecified atom stereocenters. The van der Waals surface area contributed by atoms with Gasteiger partial charge < -0.3 is 31.9 Å². The zero-order chi connectivity index (χ0) is 44.5. The smallest absolute Gasteiger partial charge is 0.331 e. The zero-order valence-electron chi connectivity index (χ0n) is 36.8. The van der Waals surface area contributed by atoms with Crippen LogP contribution >= 0.6 is 0 Å². The molecule has 10 nitrogen and oxygen atoms in total. The van der Waals surface area contributed by atoms with Gasteiger partial charge in [0.05, 0.1) is 11.1 Å². The zero-order valence-corrected chi connectivity index (χ0v) is 36.8. The lowest BCUT2D eigenvalue weighted by molar-refractivity contribution is -0.171. The van der Waals surface area contributed by atoms with E-state index < -0.39 is 79.1 Å². The van der Waals surface area contributed by atoms with Crippen molar-refractivity contribution in [3.63, 3.8) is 0 Å². The summed E-state index contributed by atoms with van der Waals surface area (Å²) in [6.45, 7) is 8.35. The fourth-order valence-corrected chi connectivity index (χ4v) is 17.4. The van der Waals surface area contributed by atoms with Crippen LogP contribution in [0.5, 0.6) is 0 Å². The first kappa shape index (κ1) is 40.9. The van der Waals surface area contributed by atoms with Crippen LogP contribution in [-0.2, 0) is 20.8 Å². The van der Waals surface area contributed by atoms with Crippen LogP contribution in [-0.4, -0.2) is 66.3 Å². The van der Waals surface area contributed by atoms with E-state index in [2.05, 4.69) is 56.9 Å². The third-order valence-electron chi connectivity index (χ3n) is 19.6. The number of hydrogen-bond donors (Lipinski definition) is 6. The molecule has 0 radical (unpaired) electrons. The standard InChI is InChI=1S/C53H59N3O7/c1-30-40-49(56-44(54)55,22-16-35-34(43(59)60)13-10-19-51(35,40)62)24-23-48(30)29-50(61)25-26-52(63)38(33-15-14-31-11-6-7-12-32(31)27-33)41-45(2)18-8-5-9-20-53(50)42(52)39(36(57)28-47(48,53)4)46(41,3)21-17-37(45)58/h6-7,10-12,19,23-27,30,38,40-41,61-63H,9,13-18,20-22,28-29H2,1-4H3,(H,59,60)(H4,54,55,56)/t30-,38-,40-,41-,45-,46-,47-,48-,49+,50+,51-,52-,53+/m1/s1. The topological polar surface area (TPSA) is 197 Å². The number of carbonyl (C=O) groups is 3. The molecular weight excluding hydrogens is 791 g/mol. The number of carbonyl (C=O) groups excluding carboxylic acids is 2. The van der Waals surface area contributed by atoms with Gasteiger partial charge in [-0.1, -0.05) is 94.0 Å². The summed E-state index contributed by atoms with van der Waals surface area (Å²) in [5.74, 6) is 3.32. The van der Waals surface area contributed by atoms with Gasteiger partial charge in [-0.3, -0.25) is 9.59 Å². The van der Waals surface area contributed by atoms with E-state index in [1.807, 2.05) is 31.2 Å². The molecule has 0 amide bonds. The first-order valence-electron chi connectivity index (χ1n) is 23.1. The van der Waals surface area contributed by atoms with Gasteiger partial charge in [0.25, 0.3) is 0 Å². The van der Waals surface area contributed by atoms with E-state index >= 15 is 4.79 Å². The molecule has 10 aliphatic rings. The average Bonchev–Trinajstić information content (AvgIpc) is 3.38.